The number of aromatic nitrogens is 1. The van der Waals surface area contributed by atoms with Gasteiger partial charge in [0.1, 0.15) is 5.82 Å². The lowest BCUT2D eigenvalue weighted by atomic mass is 9.67. The highest BCUT2D eigenvalue weighted by atomic mass is 32.1. The van der Waals surface area contributed by atoms with E-state index < -0.39 is 0 Å². The lowest BCUT2D eigenvalue weighted by Gasteiger charge is -2.37. The van der Waals surface area contributed by atoms with Crippen molar-refractivity contribution in [2.45, 2.75) is 59.8 Å². The number of nitrogens with two attached hydrogens (primary N) is 1. The molecule has 38 heavy (non-hydrogen) atoms. The Labute approximate surface area is 241 Å². The van der Waals surface area contributed by atoms with Gasteiger partial charge in [0.2, 0.25) is 0 Å². The summed E-state index contributed by atoms with van der Waals surface area (Å²) in [6.45, 7) is 8.38. The first-order valence-corrected chi connectivity index (χ1v) is 14.0. The predicted molar refractivity (Wildman–Crippen MR) is 168 cm³/mol. The Bertz CT molecular complexity index is 944. The zero-order chi connectivity index (χ0) is 24.8. The number of benzene rings is 1. The molecule has 3 heterocycles. The molecule has 6 nitrogen and oxygen atoms in total. The van der Waals surface area contributed by atoms with Crippen LogP contribution < -0.4 is 10.6 Å². The molecule has 9 heteroatoms. The maximum absolute atomic E-state index is 13.4. The predicted octanol–water partition coefficient (Wildman–Crippen LogP) is 5.67. The van der Waals surface area contributed by atoms with Gasteiger partial charge in [0, 0.05) is 63.2 Å². The van der Waals surface area contributed by atoms with Crippen LogP contribution in [0.25, 0.3) is 0 Å². The van der Waals surface area contributed by atoms with Gasteiger partial charge in [-0.25, -0.2) is 9.37 Å². The molecule has 216 valence electrons. The fourth-order valence-corrected chi connectivity index (χ4v) is 6.43. The number of rotatable bonds is 3. The Kier molecular flexibility index (Phi) is 14.1. The standard InChI is InChI=1S/C20H26FN3S.C6H13N3S.3CH4/c1-23-11-13-24(14-12-23)19-22-18(15-25-19)20(9-3-2-4-10-20)16-5-7-17(21)8-6-16;1-8-2-4-9(5-3-8)6(7)10;;;/h5-8,15H,2-4,9-14H2,1H3;2-5H2,1H3,(H2,7,10);3*1H4. The maximum Gasteiger partial charge on any atom is 0.185 e. The molecule has 1 aromatic carbocycles. The second kappa shape index (κ2) is 15.7. The summed E-state index contributed by atoms with van der Waals surface area (Å²) in [5.41, 5.74) is 7.84. The number of halogens is 1. The third-order valence-corrected chi connectivity index (χ3v) is 8.83. The van der Waals surface area contributed by atoms with Crippen molar-refractivity contribution in [2.24, 2.45) is 5.73 Å². The van der Waals surface area contributed by atoms with Crippen molar-refractivity contribution >= 4 is 33.8 Å². The van der Waals surface area contributed by atoms with Crippen LogP contribution in [0.2, 0.25) is 0 Å². The number of likely N-dealkylation sites (N-methyl/N-ethyl adjacent to an activating group) is 2. The number of hydrogen-bond donors (Lipinski definition) is 1. The first-order valence-electron chi connectivity index (χ1n) is 12.8. The van der Waals surface area contributed by atoms with Gasteiger partial charge in [0.15, 0.2) is 10.2 Å². The van der Waals surface area contributed by atoms with E-state index in [4.69, 9.17) is 22.9 Å². The molecule has 2 aromatic rings. The van der Waals surface area contributed by atoms with Crippen molar-refractivity contribution in [3.63, 3.8) is 0 Å². The molecule has 0 radical (unpaired) electrons. The summed E-state index contributed by atoms with van der Waals surface area (Å²) in [6, 6.07) is 7.13. The average Bonchev–Trinajstić information content (AvgIpc) is 3.37. The molecule has 0 atom stereocenters. The molecule has 1 aliphatic carbocycles. The van der Waals surface area contributed by atoms with Gasteiger partial charge in [-0.1, -0.05) is 53.7 Å². The monoisotopic (exact) mass is 566 g/mol. The van der Waals surface area contributed by atoms with Gasteiger partial charge < -0.3 is 25.3 Å². The number of anilines is 1. The van der Waals surface area contributed by atoms with Crippen molar-refractivity contribution in [2.75, 3.05) is 71.4 Å². The van der Waals surface area contributed by atoms with Crippen LogP contribution in [-0.2, 0) is 5.41 Å². The molecular weight excluding hydrogens is 515 g/mol. The quantitative estimate of drug-likeness (QED) is 0.481. The first kappa shape index (κ1) is 34.2. The highest BCUT2D eigenvalue weighted by Gasteiger charge is 2.38. The maximum atomic E-state index is 13.4. The highest BCUT2D eigenvalue weighted by molar-refractivity contribution is 7.80. The first-order chi connectivity index (χ1) is 16.9. The van der Waals surface area contributed by atoms with E-state index in [1.807, 2.05) is 17.0 Å². The zero-order valence-corrected chi connectivity index (χ0v) is 22.7. The molecule has 2 saturated heterocycles. The fourth-order valence-electron chi connectivity index (χ4n) is 5.27. The van der Waals surface area contributed by atoms with Crippen LogP contribution in [0.4, 0.5) is 9.52 Å². The number of piperazine rings is 2. The summed E-state index contributed by atoms with van der Waals surface area (Å²) >= 11 is 6.61. The Hall–Kier alpha value is -1.81. The van der Waals surface area contributed by atoms with E-state index in [-0.39, 0.29) is 33.5 Å². The molecule has 0 bridgehead atoms. The second-order valence-electron chi connectivity index (χ2n) is 10.1. The van der Waals surface area contributed by atoms with Gasteiger partial charge in [-0.3, -0.25) is 0 Å². The number of hydrogen-bond acceptors (Lipinski definition) is 6. The van der Waals surface area contributed by atoms with Crippen molar-refractivity contribution < 1.29 is 4.39 Å². The van der Waals surface area contributed by atoms with Crippen LogP contribution in [0.3, 0.4) is 0 Å². The van der Waals surface area contributed by atoms with Crippen LogP contribution >= 0.6 is 23.6 Å². The molecular formula is C29H51FN6S2. The summed E-state index contributed by atoms with van der Waals surface area (Å²) in [5, 5.41) is 3.94. The van der Waals surface area contributed by atoms with Crippen molar-refractivity contribution in [1.82, 2.24) is 19.7 Å². The van der Waals surface area contributed by atoms with Crippen molar-refractivity contribution in [3.05, 3.63) is 46.7 Å². The van der Waals surface area contributed by atoms with E-state index in [2.05, 4.69) is 34.2 Å². The third kappa shape index (κ3) is 8.34. The molecule has 5 rings (SSSR count). The minimum atomic E-state index is -0.161. The Morgan fingerprint density at radius 1 is 0.868 bits per heavy atom. The zero-order valence-electron chi connectivity index (χ0n) is 21.1. The summed E-state index contributed by atoms with van der Waals surface area (Å²) in [5.74, 6) is -0.161. The average molecular weight is 567 g/mol. The van der Waals surface area contributed by atoms with Gasteiger partial charge in [0.25, 0.3) is 0 Å². The van der Waals surface area contributed by atoms with E-state index in [0.29, 0.717) is 5.11 Å². The molecule has 2 aliphatic heterocycles. The topological polar surface area (TPSA) is 51.9 Å². The van der Waals surface area contributed by atoms with Crippen LogP contribution in [0.5, 0.6) is 0 Å². The van der Waals surface area contributed by atoms with Crippen LogP contribution in [0, 0.1) is 5.82 Å². The highest BCUT2D eigenvalue weighted by Crippen LogP contribution is 2.45. The number of thiocarbonyl (C=S) groups is 1. The number of nitrogens with zero attached hydrogens (tertiary/aromatic N) is 5. The van der Waals surface area contributed by atoms with E-state index in [1.54, 1.807) is 23.5 Å². The summed E-state index contributed by atoms with van der Waals surface area (Å²) in [4.78, 5) is 14.2. The van der Waals surface area contributed by atoms with E-state index in [1.165, 1.54) is 30.5 Å². The third-order valence-electron chi connectivity index (χ3n) is 7.68. The normalized spacial score (nSPS) is 19.7. The van der Waals surface area contributed by atoms with E-state index in [0.717, 1.165) is 70.3 Å². The van der Waals surface area contributed by atoms with Crippen LogP contribution in [0.1, 0.15) is 65.6 Å². The smallest absolute Gasteiger partial charge is 0.185 e. The largest absolute Gasteiger partial charge is 0.376 e. The van der Waals surface area contributed by atoms with Gasteiger partial charge in [-0.15, -0.1) is 11.3 Å². The molecule has 3 aliphatic rings. The van der Waals surface area contributed by atoms with Crippen LogP contribution in [0.15, 0.2) is 29.6 Å². The molecule has 0 amide bonds. The van der Waals surface area contributed by atoms with Gasteiger partial charge >= 0.3 is 0 Å². The Balaban J connectivity index is 0.000000477. The summed E-state index contributed by atoms with van der Waals surface area (Å²) in [7, 11) is 4.28. The lowest BCUT2D eigenvalue weighted by molar-refractivity contribution is 0.216. The van der Waals surface area contributed by atoms with Crippen molar-refractivity contribution in [3.8, 4) is 0 Å². The van der Waals surface area contributed by atoms with Crippen LogP contribution in [-0.4, -0.2) is 91.2 Å². The molecule has 0 spiro atoms. The number of thiazole rings is 1. The molecule has 0 unspecified atom stereocenters. The van der Waals surface area contributed by atoms with E-state index in [9.17, 15) is 4.39 Å². The summed E-state index contributed by atoms with van der Waals surface area (Å²) < 4.78 is 13.4. The minimum Gasteiger partial charge on any atom is -0.376 e. The Morgan fingerprint density at radius 3 is 1.92 bits per heavy atom. The fraction of sp³-hybridized carbons (Fsp3) is 0.655. The van der Waals surface area contributed by atoms with E-state index >= 15 is 0 Å². The minimum absolute atomic E-state index is 0. The van der Waals surface area contributed by atoms with Gasteiger partial charge in [0.05, 0.1) is 5.69 Å². The molecule has 1 saturated carbocycles. The second-order valence-corrected chi connectivity index (χ2v) is 11.3. The summed E-state index contributed by atoms with van der Waals surface area (Å²) in [6.07, 6.45) is 5.96. The molecule has 3 fully saturated rings. The molecule has 2 N–H and O–H groups in total. The van der Waals surface area contributed by atoms with Gasteiger partial charge in [-0.05, 0) is 56.9 Å². The lowest BCUT2D eigenvalue weighted by Crippen LogP contribution is -2.48. The molecule has 1 aromatic heterocycles. The Morgan fingerprint density at radius 2 is 1.39 bits per heavy atom. The van der Waals surface area contributed by atoms with Gasteiger partial charge in [-0.2, -0.15) is 0 Å². The SMILES string of the molecule is C.C.C.CN1CCN(C(N)=S)CC1.CN1CCN(c2nc(C3(c4ccc(F)cc4)CCCCC3)cs2)CC1. The van der Waals surface area contributed by atoms with Crippen molar-refractivity contribution in [1.29, 1.82) is 0 Å².